The quantitative estimate of drug-likeness (QED) is 0.822. The molecule has 2 amide bonds. The van der Waals surface area contributed by atoms with Gasteiger partial charge >= 0.3 is 0 Å². The summed E-state index contributed by atoms with van der Waals surface area (Å²) in [6.45, 7) is 3.43. The van der Waals surface area contributed by atoms with Crippen LogP contribution in [-0.4, -0.2) is 24.5 Å². The largest absolute Gasteiger partial charge is 0.484 e. The van der Waals surface area contributed by atoms with Crippen LogP contribution in [0, 0.1) is 5.82 Å². The SMILES string of the molecule is CC(C)NC(=O)c1ccc(Cl)c(NC(=O)COc2ccc(F)cc2)c1. The Hall–Kier alpha value is -2.60. The number of rotatable bonds is 6. The number of anilines is 1. The summed E-state index contributed by atoms with van der Waals surface area (Å²) in [7, 11) is 0. The summed E-state index contributed by atoms with van der Waals surface area (Å²) < 4.78 is 18.1. The molecule has 0 saturated heterocycles. The molecule has 0 aromatic heterocycles. The number of halogens is 2. The lowest BCUT2D eigenvalue weighted by molar-refractivity contribution is -0.118. The normalized spacial score (nSPS) is 10.4. The zero-order chi connectivity index (χ0) is 18.4. The third-order valence-corrected chi connectivity index (χ3v) is 3.44. The van der Waals surface area contributed by atoms with Gasteiger partial charge in [0.1, 0.15) is 11.6 Å². The van der Waals surface area contributed by atoms with Crippen LogP contribution in [0.4, 0.5) is 10.1 Å². The molecule has 0 spiro atoms. The van der Waals surface area contributed by atoms with Crippen molar-refractivity contribution in [3.8, 4) is 5.75 Å². The molecule has 0 atom stereocenters. The van der Waals surface area contributed by atoms with Crippen molar-refractivity contribution in [2.75, 3.05) is 11.9 Å². The molecule has 2 aromatic carbocycles. The summed E-state index contributed by atoms with van der Waals surface area (Å²) in [6, 6.07) is 9.92. The number of hydrogen-bond acceptors (Lipinski definition) is 3. The van der Waals surface area contributed by atoms with Crippen molar-refractivity contribution in [2.24, 2.45) is 0 Å². The first-order valence-electron chi connectivity index (χ1n) is 7.64. The molecule has 132 valence electrons. The highest BCUT2D eigenvalue weighted by Crippen LogP contribution is 2.23. The van der Waals surface area contributed by atoms with E-state index < -0.39 is 5.91 Å². The zero-order valence-electron chi connectivity index (χ0n) is 13.8. The number of carbonyl (C=O) groups excluding carboxylic acids is 2. The van der Waals surface area contributed by atoms with Crippen molar-refractivity contribution in [3.63, 3.8) is 0 Å². The van der Waals surface area contributed by atoms with Crippen LogP contribution < -0.4 is 15.4 Å². The summed E-state index contributed by atoms with van der Waals surface area (Å²) in [6.07, 6.45) is 0. The van der Waals surface area contributed by atoms with Crippen LogP contribution in [0.5, 0.6) is 5.75 Å². The van der Waals surface area contributed by atoms with Crippen LogP contribution in [0.1, 0.15) is 24.2 Å². The number of benzene rings is 2. The molecule has 0 saturated carbocycles. The molecule has 0 heterocycles. The molecule has 0 aliphatic heterocycles. The predicted octanol–water partition coefficient (Wildman–Crippen LogP) is 3.63. The fourth-order valence-corrected chi connectivity index (χ4v) is 2.14. The van der Waals surface area contributed by atoms with Crippen LogP contribution in [0.15, 0.2) is 42.5 Å². The zero-order valence-corrected chi connectivity index (χ0v) is 14.6. The molecule has 0 fully saturated rings. The Morgan fingerprint density at radius 1 is 1.16 bits per heavy atom. The van der Waals surface area contributed by atoms with Gasteiger partial charge in [0.2, 0.25) is 0 Å². The lowest BCUT2D eigenvalue weighted by atomic mass is 10.1. The van der Waals surface area contributed by atoms with E-state index in [0.717, 1.165) is 0 Å². The molecular weight excluding hydrogens is 347 g/mol. The van der Waals surface area contributed by atoms with Crippen molar-refractivity contribution < 1.29 is 18.7 Å². The Bertz CT molecular complexity index is 763. The molecule has 2 aromatic rings. The van der Waals surface area contributed by atoms with Crippen molar-refractivity contribution in [1.82, 2.24) is 5.32 Å². The van der Waals surface area contributed by atoms with Crippen LogP contribution in [0.3, 0.4) is 0 Å². The van der Waals surface area contributed by atoms with E-state index >= 15 is 0 Å². The molecule has 0 bridgehead atoms. The van der Waals surface area contributed by atoms with E-state index in [9.17, 15) is 14.0 Å². The highest BCUT2D eigenvalue weighted by molar-refractivity contribution is 6.33. The first kappa shape index (κ1) is 18.7. The van der Waals surface area contributed by atoms with Crippen LogP contribution in [0.2, 0.25) is 5.02 Å². The number of hydrogen-bond donors (Lipinski definition) is 2. The molecule has 0 unspecified atom stereocenters. The summed E-state index contributed by atoms with van der Waals surface area (Å²) in [5, 5.41) is 5.65. The van der Waals surface area contributed by atoms with E-state index in [1.54, 1.807) is 6.07 Å². The van der Waals surface area contributed by atoms with E-state index in [1.165, 1.54) is 36.4 Å². The van der Waals surface area contributed by atoms with Crippen LogP contribution in [-0.2, 0) is 4.79 Å². The maximum Gasteiger partial charge on any atom is 0.262 e. The fraction of sp³-hybridized carbons (Fsp3) is 0.222. The predicted molar refractivity (Wildman–Crippen MR) is 94.6 cm³/mol. The van der Waals surface area contributed by atoms with Gasteiger partial charge in [-0.2, -0.15) is 0 Å². The van der Waals surface area contributed by atoms with Gasteiger partial charge in [-0.15, -0.1) is 0 Å². The summed E-state index contributed by atoms with van der Waals surface area (Å²) in [4.78, 5) is 24.0. The molecule has 25 heavy (non-hydrogen) atoms. The molecule has 2 N–H and O–H groups in total. The first-order chi connectivity index (χ1) is 11.8. The monoisotopic (exact) mass is 364 g/mol. The van der Waals surface area contributed by atoms with E-state index in [1.807, 2.05) is 13.8 Å². The molecule has 0 aliphatic rings. The lowest BCUT2D eigenvalue weighted by Crippen LogP contribution is -2.30. The standard InChI is InChI=1S/C18H18ClFN2O3/c1-11(2)21-18(24)12-3-8-15(19)16(9-12)22-17(23)10-25-14-6-4-13(20)5-7-14/h3-9,11H,10H2,1-2H3,(H,21,24)(H,22,23). The van der Waals surface area contributed by atoms with E-state index in [0.29, 0.717) is 22.0 Å². The Kier molecular flexibility index (Phi) is 6.36. The molecule has 2 rings (SSSR count). The van der Waals surface area contributed by atoms with Crippen molar-refractivity contribution in [3.05, 3.63) is 58.9 Å². The smallest absolute Gasteiger partial charge is 0.262 e. The highest BCUT2D eigenvalue weighted by atomic mass is 35.5. The van der Waals surface area contributed by atoms with Crippen molar-refractivity contribution >= 4 is 29.1 Å². The third kappa shape index (κ3) is 5.76. The van der Waals surface area contributed by atoms with Gasteiger partial charge in [-0.05, 0) is 56.3 Å². The summed E-state index contributed by atoms with van der Waals surface area (Å²) >= 11 is 6.06. The Morgan fingerprint density at radius 2 is 1.84 bits per heavy atom. The molecule has 0 aliphatic carbocycles. The number of amides is 2. The van der Waals surface area contributed by atoms with Gasteiger partial charge in [0.15, 0.2) is 6.61 Å². The molecule has 0 radical (unpaired) electrons. The van der Waals surface area contributed by atoms with Gasteiger partial charge in [0.25, 0.3) is 11.8 Å². The number of carbonyl (C=O) groups is 2. The average Bonchev–Trinajstić information content (AvgIpc) is 2.55. The molecular formula is C18H18ClFN2O3. The second-order valence-corrected chi connectivity index (χ2v) is 6.02. The summed E-state index contributed by atoms with van der Waals surface area (Å²) in [5.41, 5.74) is 0.693. The lowest BCUT2D eigenvalue weighted by Gasteiger charge is -2.12. The minimum Gasteiger partial charge on any atom is -0.484 e. The minimum atomic E-state index is -0.451. The second kappa shape index (κ2) is 8.48. The van der Waals surface area contributed by atoms with Crippen LogP contribution >= 0.6 is 11.6 Å². The van der Waals surface area contributed by atoms with Gasteiger partial charge in [-0.3, -0.25) is 9.59 Å². The maximum atomic E-state index is 12.8. The minimum absolute atomic E-state index is 0.00896. The topological polar surface area (TPSA) is 67.4 Å². The fourth-order valence-electron chi connectivity index (χ4n) is 1.97. The van der Waals surface area contributed by atoms with Gasteiger partial charge in [-0.1, -0.05) is 11.6 Å². The van der Waals surface area contributed by atoms with Gasteiger partial charge in [0, 0.05) is 11.6 Å². The van der Waals surface area contributed by atoms with Crippen LogP contribution in [0.25, 0.3) is 0 Å². The Labute approximate surface area is 150 Å². The third-order valence-electron chi connectivity index (χ3n) is 3.11. The second-order valence-electron chi connectivity index (χ2n) is 5.61. The van der Waals surface area contributed by atoms with E-state index in [-0.39, 0.29) is 24.4 Å². The molecule has 5 nitrogen and oxygen atoms in total. The van der Waals surface area contributed by atoms with Gasteiger partial charge in [0.05, 0.1) is 10.7 Å². The average molecular weight is 365 g/mol. The van der Waals surface area contributed by atoms with Crippen molar-refractivity contribution in [1.29, 1.82) is 0 Å². The van der Waals surface area contributed by atoms with E-state index in [2.05, 4.69) is 10.6 Å². The van der Waals surface area contributed by atoms with Crippen molar-refractivity contribution in [2.45, 2.75) is 19.9 Å². The Morgan fingerprint density at radius 3 is 2.48 bits per heavy atom. The van der Waals surface area contributed by atoms with E-state index in [4.69, 9.17) is 16.3 Å². The number of ether oxygens (including phenoxy) is 1. The highest BCUT2D eigenvalue weighted by Gasteiger charge is 2.12. The number of nitrogens with one attached hydrogen (secondary N) is 2. The maximum absolute atomic E-state index is 12.8. The Balaban J connectivity index is 1.99. The van der Waals surface area contributed by atoms with Gasteiger partial charge in [-0.25, -0.2) is 4.39 Å². The summed E-state index contributed by atoms with van der Waals surface area (Å²) in [5.74, 6) is -0.731. The first-order valence-corrected chi connectivity index (χ1v) is 8.01. The molecule has 7 heteroatoms. The van der Waals surface area contributed by atoms with Gasteiger partial charge < -0.3 is 15.4 Å².